The molecule has 2 aromatic rings. The van der Waals surface area contributed by atoms with Gasteiger partial charge in [-0.05, 0) is 31.2 Å². The summed E-state index contributed by atoms with van der Waals surface area (Å²) < 4.78 is 4.73. The second-order valence-electron chi connectivity index (χ2n) is 4.36. The van der Waals surface area contributed by atoms with E-state index in [4.69, 9.17) is 4.74 Å². The third-order valence-corrected chi connectivity index (χ3v) is 2.86. The molecule has 0 aliphatic rings. The van der Waals surface area contributed by atoms with Crippen LogP contribution in [-0.2, 0) is 4.74 Å². The Labute approximate surface area is 117 Å². The summed E-state index contributed by atoms with van der Waals surface area (Å²) in [6.45, 7) is 1.87. The van der Waals surface area contributed by atoms with Crippen LogP contribution in [0.25, 0.3) is 0 Å². The summed E-state index contributed by atoms with van der Waals surface area (Å²) in [4.78, 5) is 23.8. The van der Waals surface area contributed by atoms with Crippen molar-refractivity contribution in [3.05, 3.63) is 65.2 Å². The minimum atomic E-state index is -0.475. The van der Waals surface area contributed by atoms with E-state index in [1.165, 1.54) is 7.11 Å². The van der Waals surface area contributed by atoms with Crippen molar-refractivity contribution >= 4 is 17.6 Å². The molecule has 2 rings (SSSR count). The largest absolute Gasteiger partial charge is 0.465 e. The molecule has 0 aliphatic carbocycles. The number of rotatable bonds is 3. The highest BCUT2D eigenvalue weighted by Crippen LogP contribution is 2.19. The van der Waals surface area contributed by atoms with E-state index >= 15 is 0 Å². The predicted octanol–water partition coefficient (Wildman–Crippen LogP) is 3.03. The van der Waals surface area contributed by atoms with Crippen molar-refractivity contribution in [2.24, 2.45) is 0 Å². The van der Waals surface area contributed by atoms with Gasteiger partial charge in [0.05, 0.1) is 18.4 Å². The summed E-state index contributed by atoms with van der Waals surface area (Å²) in [7, 11) is 1.31. The van der Waals surface area contributed by atoms with Crippen LogP contribution in [0.4, 0.5) is 5.69 Å². The highest BCUT2D eigenvalue weighted by atomic mass is 16.5. The smallest absolute Gasteiger partial charge is 0.339 e. The van der Waals surface area contributed by atoms with Gasteiger partial charge in [0.15, 0.2) is 0 Å². The number of aryl methyl sites for hydroxylation is 1. The third-order valence-electron chi connectivity index (χ3n) is 2.86. The lowest BCUT2D eigenvalue weighted by Gasteiger charge is -2.10. The third kappa shape index (κ3) is 3.03. The van der Waals surface area contributed by atoms with Crippen LogP contribution >= 0.6 is 0 Å². The van der Waals surface area contributed by atoms with Crippen LogP contribution in [0.5, 0.6) is 0 Å². The molecule has 1 amide bonds. The lowest BCUT2D eigenvalue weighted by Crippen LogP contribution is -2.15. The van der Waals surface area contributed by atoms with Crippen molar-refractivity contribution in [3.8, 4) is 0 Å². The van der Waals surface area contributed by atoms with Crippen molar-refractivity contribution in [1.29, 1.82) is 0 Å². The Balaban J connectivity index is 2.30. The first-order valence-electron chi connectivity index (χ1n) is 6.17. The number of amides is 1. The highest BCUT2D eigenvalue weighted by Gasteiger charge is 2.14. The molecule has 0 heterocycles. The van der Waals surface area contributed by atoms with Gasteiger partial charge in [0, 0.05) is 5.56 Å². The molecule has 102 valence electrons. The highest BCUT2D eigenvalue weighted by molar-refractivity contribution is 6.08. The van der Waals surface area contributed by atoms with Crippen LogP contribution in [0.1, 0.15) is 26.3 Å². The van der Waals surface area contributed by atoms with Crippen molar-refractivity contribution in [3.63, 3.8) is 0 Å². The second kappa shape index (κ2) is 6.02. The van der Waals surface area contributed by atoms with E-state index in [0.29, 0.717) is 16.8 Å². The van der Waals surface area contributed by atoms with Crippen LogP contribution < -0.4 is 5.32 Å². The molecule has 1 N–H and O–H groups in total. The normalized spacial score (nSPS) is 9.90. The lowest BCUT2D eigenvalue weighted by molar-refractivity contribution is 0.0602. The van der Waals surface area contributed by atoms with Gasteiger partial charge in [-0.1, -0.05) is 29.8 Å². The number of esters is 1. The van der Waals surface area contributed by atoms with Gasteiger partial charge in [0.1, 0.15) is 0 Å². The Hall–Kier alpha value is -2.62. The van der Waals surface area contributed by atoms with E-state index in [0.717, 1.165) is 5.56 Å². The zero-order valence-electron chi connectivity index (χ0n) is 11.3. The van der Waals surface area contributed by atoms with Gasteiger partial charge in [-0.15, -0.1) is 0 Å². The van der Waals surface area contributed by atoms with Crippen molar-refractivity contribution in [2.45, 2.75) is 6.92 Å². The summed E-state index contributed by atoms with van der Waals surface area (Å²) >= 11 is 0. The summed E-state index contributed by atoms with van der Waals surface area (Å²) in [6, 6.07) is 14.0. The maximum absolute atomic E-state index is 12.1. The monoisotopic (exact) mass is 269 g/mol. The van der Waals surface area contributed by atoms with E-state index < -0.39 is 5.97 Å². The molecule has 0 fully saturated rings. The number of carbonyl (C=O) groups is 2. The zero-order chi connectivity index (χ0) is 14.5. The molecule has 0 spiro atoms. The minimum Gasteiger partial charge on any atom is -0.465 e. The molecular weight excluding hydrogens is 254 g/mol. The number of benzene rings is 2. The van der Waals surface area contributed by atoms with Crippen molar-refractivity contribution in [2.75, 3.05) is 12.4 Å². The number of ether oxygens (including phenoxy) is 1. The van der Waals surface area contributed by atoms with Crippen molar-refractivity contribution in [1.82, 2.24) is 0 Å². The molecular formula is C16H15NO3. The Morgan fingerprint density at radius 1 is 1.05 bits per heavy atom. The average molecular weight is 269 g/mol. The van der Waals surface area contributed by atoms with Crippen LogP contribution in [0, 0.1) is 6.92 Å². The molecule has 4 heteroatoms. The summed E-state index contributed by atoms with van der Waals surface area (Å²) in [5.74, 6) is -0.739. The first kappa shape index (κ1) is 13.8. The summed E-state index contributed by atoms with van der Waals surface area (Å²) in [5.41, 5.74) is 2.24. The Bertz CT molecular complexity index is 635. The number of hydrogen-bond acceptors (Lipinski definition) is 3. The maximum Gasteiger partial charge on any atom is 0.339 e. The lowest BCUT2D eigenvalue weighted by atomic mass is 10.1. The van der Waals surface area contributed by atoms with E-state index in [1.54, 1.807) is 36.4 Å². The molecule has 0 bridgehead atoms. The predicted molar refractivity (Wildman–Crippen MR) is 76.9 cm³/mol. The number of anilines is 1. The second-order valence-corrected chi connectivity index (χ2v) is 4.36. The number of nitrogens with one attached hydrogen (secondary N) is 1. The quantitative estimate of drug-likeness (QED) is 0.871. The van der Waals surface area contributed by atoms with Crippen molar-refractivity contribution < 1.29 is 14.3 Å². The fourth-order valence-corrected chi connectivity index (χ4v) is 1.83. The van der Waals surface area contributed by atoms with Gasteiger partial charge in [-0.2, -0.15) is 0 Å². The van der Waals surface area contributed by atoms with E-state index in [9.17, 15) is 9.59 Å². The van der Waals surface area contributed by atoms with Crippen LogP contribution in [-0.4, -0.2) is 19.0 Å². The molecule has 0 saturated heterocycles. The van der Waals surface area contributed by atoms with Crippen LogP contribution in [0.15, 0.2) is 48.5 Å². The standard InChI is InChI=1S/C16H15NO3/c1-11-8-9-14(13(10-11)16(19)20-2)17-15(18)12-6-4-3-5-7-12/h3-10H,1-2H3,(H,17,18). The average Bonchev–Trinajstić information content (AvgIpc) is 2.49. The molecule has 0 unspecified atom stereocenters. The SMILES string of the molecule is COC(=O)c1cc(C)ccc1NC(=O)c1ccccc1. The maximum atomic E-state index is 12.1. The number of methoxy groups -OCH3 is 1. The van der Waals surface area contributed by atoms with E-state index in [-0.39, 0.29) is 5.91 Å². The van der Waals surface area contributed by atoms with Gasteiger partial charge in [0.2, 0.25) is 0 Å². The number of hydrogen-bond donors (Lipinski definition) is 1. The topological polar surface area (TPSA) is 55.4 Å². The summed E-state index contributed by atoms with van der Waals surface area (Å²) in [6.07, 6.45) is 0. The fourth-order valence-electron chi connectivity index (χ4n) is 1.83. The van der Waals surface area contributed by atoms with Gasteiger partial charge in [-0.25, -0.2) is 4.79 Å². The van der Waals surface area contributed by atoms with E-state index in [1.807, 2.05) is 19.1 Å². The summed E-state index contributed by atoms with van der Waals surface area (Å²) in [5, 5.41) is 2.73. The van der Waals surface area contributed by atoms with Crippen LogP contribution in [0.2, 0.25) is 0 Å². The van der Waals surface area contributed by atoms with Crippen LogP contribution in [0.3, 0.4) is 0 Å². The first-order valence-corrected chi connectivity index (χ1v) is 6.17. The Morgan fingerprint density at radius 2 is 1.75 bits per heavy atom. The molecule has 20 heavy (non-hydrogen) atoms. The minimum absolute atomic E-state index is 0.264. The number of carbonyl (C=O) groups excluding carboxylic acids is 2. The van der Waals surface area contributed by atoms with Gasteiger partial charge >= 0.3 is 5.97 Å². The molecule has 0 atom stereocenters. The molecule has 0 radical (unpaired) electrons. The van der Waals surface area contributed by atoms with Gasteiger partial charge in [0.25, 0.3) is 5.91 Å². The molecule has 2 aromatic carbocycles. The molecule has 4 nitrogen and oxygen atoms in total. The molecule has 0 aromatic heterocycles. The zero-order valence-corrected chi connectivity index (χ0v) is 11.3. The fraction of sp³-hybridized carbons (Fsp3) is 0.125. The Morgan fingerprint density at radius 3 is 2.40 bits per heavy atom. The van der Waals surface area contributed by atoms with E-state index in [2.05, 4.69) is 5.32 Å². The molecule has 0 saturated carbocycles. The van der Waals surface area contributed by atoms with Gasteiger partial charge < -0.3 is 10.1 Å². The molecule has 0 aliphatic heterocycles. The first-order chi connectivity index (χ1) is 9.61. The Kier molecular flexibility index (Phi) is 4.15. The van der Waals surface area contributed by atoms with Gasteiger partial charge in [-0.3, -0.25) is 4.79 Å².